The van der Waals surface area contributed by atoms with Crippen LogP contribution < -0.4 is 5.32 Å². The Morgan fingerprint density at radius 2 is 2.07 bits per heavy atom. The molecule has 0 unspecified atom stereocenters. The molecule has 8 heteroatoms. The van der Waals surface area contributed by atoms with Gasteiger partial charge in [-0.05, 0) is 43.9 Å². The van der Waals surface area contributed by atoms with Crippen molar-refractivity contribution < 1.29 is 4.92 Å². The Morgan fingerprint density at radius 3 is 2.70 bits per heavy atom. The lowest BCUT2D eigenvalue weighted by atomic mass is 10.1. The van der Waals surface area contributed by atoms with Crippen molar-refractivity contribution in [3.05, 3.63) is 68.2 Å². The third kappa shape index (κ3) is 4.22. The van der Waals surface area contributed by atoms with Gasteiger partial charge in [0.2, 0.25) is 0 Å². The number of hydrogen-bond donors (Lipinski definition) is 1. The number of benzene rings is 2. The molecule has 3 aromatic rings. The van der Waals surface area contributed by atoms with Gasteiger partial charge in [-0.25, -0.2) is 4.98 Å². The first-order chi connectivity index (χ1) is 12.9. The van der Waals surface area contributed by atoms with E-state index in [0.29, 0.717) is 28.8 Å². The second-order valence-electron chi connectivity index (χ2n) is 6.30. The first-order valence-corrected chi connectivity index (χ1v) is 8.86. The third-order valence-corrected chi connectivity index (χ3v) is 4.38. The fourth-order valence-corrected chi connectivity index (χ4v) is 3.19. The van der Waals surface area contributed by atoms with Crippen LogP contribution in [0.5, 0.6) is 0 Å². The maximum atomic E-state index is 11.3. The third-order valence-electron chi connectivity index (χ3n) is 3.89. The summed E-state index contributed by atoms with van der Waals surface area (Å²) >= 11 is 3.42. The zero-order valence-electron chi connectivity index (χ0n) is 14.7. The average molecular weight is 426 g/mol. The summed E-state index contributed by atoms with van der Waals surface area (Å²) < 4.78 is 0.899. The molecule has 7 nitrogen and oxygen atoms in total. The Bertz CT molecular complexity index is 1080. The van der Waals surface area contributed by atoms with E-state index in [-0.39, 0.29) is 5.69 Å². The van der Waals surface area contributed by atoms with Crippen molar-refractivity contribution in [1.29, 1.82) is 5.26 Å². The summed E-state index contributed by atoms with van der Waals surface area (Å²) in [5.41, 5.74) is 2.44. The first kappa shape index (κ1) is 18.8. The van der Waals surface area contributed by atoms with E-state index in [1.807, 2.05) is 43.3 Å². The highest BCUT2D eigenvalue weighted by Gasteiger charge is 2.16. The van der Waals surface area contributed by atoms with Gasteiger partial charge in [-0.15, -0.1) is 0 Å². The molecule has 0 aliphatic heterocycles. The Balaban J connectivity index is 2.18. The number of nitrogens with one attached hydrogen (secondary N) is 1. The molecule has 1 aromatic heterocycles. The quantitative estimate of drug-likeness (QED) is 0.474. The zero-order chi connectivity index (χ0) is 19.6. The van der Waals surface area contributed by atoms with Crippen LogP contribution in [-0.4, -0.2) is 28.9 Å². The van der Waals surface area contributed by atoms with Gasteiger partial charge in [-0.3, -0.25) is 10.1 Å². The van der Waals surface area contributed by atoms with E-state index < -0.39 is 4.92 Å². The minimum Gasteiger partial charge on any atom is -0.339 e. The number of rotatable bonds is 5. The minimum atomic E-state index is -0.432. The topological polar surface area (TPSA) is 95.1 Å². The predicted molar refractivity (Wildman–Crippen MR) is 108 cm³/mol. The predicted octanol–water partition coefficient (Wildman–Crippen LogP) is 4.58. The van der Waals surface area contributed by atoms with Crippen LogP contribution >= 0.6 is 15.9 Å². The van der Waals surface area contributed by atoms with E-state index in [2.05, 4.69) is 32.3 Å². The van der Waals surface area contributed by atoms with Crippen LogP contribution in [0.1, 0.15) is 11.1 Å². The Hall–Kier alpha value is -3.02. The van der Waals surface area contributed by atoms with Crippen LogP contribution in [0.2, 0.25) is 0 Å². The molecule has 0 fully saturated rings. The second kappa shape index (κ2) is 7.70. The van der Waals surface area contributed by atoms with Gasteiger partial charge >= 0.3 is 0 Å². The van der Waals surface area contributed by atoms with E-state index in [4.69, 9.17) is 0 Å². The van der Waals surface area contributed by atoms with Crippen LogP contribution in [0.15, 0.2) is 46.9 Å². The smallest absolute Gasteiger partial charge is 0.270 e. The van der Waals surface area contributed by atoms with Gasteiger partial charge in [0.1, 0.15) is 11.9 Å². The number of fused-ring (bicyclic) bond motifs is 1. The highest BCUT2D eigenvalue weighted by molar-refractivity contribution is 9.10. The molecule has 3 rings (SSSR count). The second-order valence-corrected chi connectivity index (χ2v) is 7.22. The SMILES string of the molecule is CN(C)Cc1cc([N+](=O)[O-])cc2cc(C#N)c(Nc3cccc(Br)c3)nc12. The normalized spacial score (nSPS) is 10.8. The fraction of sp³-hybridized carbons (Fsp3) is 0.158. The standard InChI is InChI=1S/C19H16BrN5O2/c1-24(2)11-14-8-17(25(26)27)7-12-6-13(10-21)19(23-18(12)14)22-16-5-3-4-15(20)9-16/h3-9H,11H2,1-2H3,(H,22,23). The van der Waals surface area contributed by atoms with Crippen molar-refractivity contribution in [2.24, 2.45) is 0 Å². The van der Waals surface area contributed by atoms with Gasteiger partial charge < -0.3 is 10.2 Å². The molecule has 1 heterocycles. The van der Waals surface area contributed by atoms with Crippen molar-refractivity contribution in [3.63, 3.8) is 0 Å². The molecule has 0 amide bonds. The van der Waals surface area contributed by atoms with Gasteiger partial charge in [-0.2, -0.15) is 5.26 Å². The molecule has 0 bridgehead atoms. The highest BCUT2D eigenvalue weighted by Crippen LogP contribution is 2.30. The summed E-state index contributed by atoms with van der Waals surface area (Å²) in [7, 11) is 3.77. The van der Waals surface area contributed by atoms with Crippen LogP contribution in [-0.2, 0) is 6.54 Å². The van der Waals surface area contributed by atoms with E-state index in [1.54, 1.807) is 6.07 Å². The first-order valence-electron chi connectivity index (χ1n) is 8.07. The lowest BCUT2D eigenvalue weighted by Gasteiger charge is -2.14. The zero-order valence-corrected chi connectivity index (χ0v) is 16.3. The van der Waals surface area contributed by atoms with E-state index in [9.17, 15) is 15.4 Å². The number of nitro groups is 1. The number of nitro benzene ring substituents is 1. The number of pyridine rings is 1. The van der Waals surface area contributed by atoms with E-state index in [0.717, 1.165) is 15.7 Å². The van der Waals surface area contributed by atoms with Gasteiger partial charge in [0, 0.05) is 34.2 Å². The highest BCUT2D eigenvalue weighted by atomic mass is 79.9. The molecule has 136 valence electrons. The molecule has 0 aliphatic carbocycles. The average Bonchev–Trinajstić information content (AvgIpc) is 2.60. The number of hydrogen-bond acceptors (Lipinski definition) is 6. The summed E-state index contributed by atoms with van der Waals surface area (Å²) in [6, 6.07) is 14.3. The monoisotopic (exact) mass is 425 g/mol. The number of aromatic nitrogens is 1. The van der Waals surface area contributed by atoms with Crippen molar-refractivity contribution in [3.8, 4) is 6.07 Å². The van der Waals surface area contributed by atoms with Gasteiger partial charge in [0.25, 0.3) is 5.69 Å². The van der Waals surface area contributed by atoms with Crippen LogP contribution in [0.4, 0.5) is 17.2 Å². The molecule has 0 spiro atoms. The molecule has 0 atom stereocenters. The fourth-order valence-electron chi connectivity index (χ4n) is 2.79. The molecule has 0 aliphatic rings. The van der Waals surface area contributed by atoms with E-state index in [1.165, 1.54) is 12.1 Å². The maximum Gasteiger partial charge on any atom is 0.270 e. The summed E-state index contributed by atoms with van der Waals surface area (Å²) in [4.78, 5) is 17.4. The van der Waals surface area contributed by atoms with Crippen molar-refractivity contribution in [2.75, 3.05) is 19.4 Å². The van der Waals surface area contributed by atoms with Gasteiger partial charge in [-0.1, -0.05) is 22.0 Å². The number of non-ortho nitro benzene ring substituents is 1. The number of halogens is 1. The lowest BCUT2D eigenvalue weighted by molar-refractivity contribution is -0.384. The largest absolute Gasteiger partial charge is 0.339 e. The summed E-state index contributed by atoms with van der Waals surface area (Å²) in [5.74, 6) is 0.414. The Morgan fingerprint density at radius 1 is 1.30 bits per heavy atom. The van der Waals surface area contributed by atoms with Crippen molar-refractivity contribution in [2.45, 2.75) is 6.54 Å². The number of nitrogens with zero attached hydrogens (tertiary/aromatic N) is 4. The summed E-state index contributed by atoms with van der Waals surface area (Å²) in [5, 5.41) is 24.5. The molecule has 0 radical (unpaired) electrons. The molecule has 1 N–H and O–H groups in total. The minimum absolute atomic E-state index is 0.0160. The molecule has 27 heavy (non-hydrogen) atoms. The summed E-state index contributed by atoms with van der Waals surface area (Å²) in [6.07, 6.45) is 0. The van der Waals surface area contributed by atoms with Crippen LogP contribution in [0, 0.1) is 21.4 Å². The molecule has 0 saturated carbocycles. The number of nitriles is 1. The maximum absolute atomic E-state index is 11.3. The number of anilines is 2. The molecular weight excluding hydrogens is 410 g/mol. The molecular formula is C19H16BrN5O2. The van der Waals surface area contributed by atoms with Crippen molar-refractivity contribution in [1.82, 2.24) is 9.88 Å². The van der Waals surface area contributed by atoms with Crippen molar-refractivity contribution >= 4 is 44.0 Å². The molecule has 2 aromatic carbocycles. The summed E-state index contributed by atoms with van der Waals surface area (Å²) in [6.45, 7) is 0.493. The van der Waals surface area contributed by atoms with Crippen LogP contribution in [0.25, 0.3) is 10.9 Å². The Labute approximate surface area is 164 Å². The van der Waals surface area contributed by atoms with Gasteiger partial charge in [0.05, 0.1) is 16.0 Å². The van der Waals surface area contributed by atoms with Crippen LogP contribution in [0.3, 0.4) is 0 Å². The molecule has 0 saturated heterocycles. The lowest BCUT2D eigenvalue weighted by Crippen LogP contribution is -2.12. The van der Waals surface area contributed by atoms with E-state index >= 15 is 0 Å². The van der Waals surface area contributed by atoms with Gasteiger partial charge in [0.15, 0.2) is 0 Å². The Kier molecular flexibility index (Phi) is 5.35.